The van der Waals surface area contributed by atoms with Crippen LogP contribution in [0.3, 0.4) is 0 Å². The number of aliphatic imine (C=N–C) groups is 1. The van der Waals surface area contributed by atoms with Gasteiger partial charge in [0.05, 0.1) is 6.54 Å². The number of nitrogens with zero attached hydrogens (tertiary/aromatic N) is 4. The molecular formula is C17H25IN6O. The van der Waals surface area contributed by atoms with Crippen molar-refractivity contribution in [2.75, 3.05) is 19.6 Å². The zero-order valence-electron chi connectivity index (χ0n) is 14.4. The lowest BCUT2D eigenvalue weighted by atomic mass is 9.96. The number of piperidine rings is 1. The molecule has 0 amide bonds. The molecule has 3 rings (SSSR count). The van der Waals surface area contributed by atoms with Crippen molar-refractivity contribution in [1.82, 2.24) is 25.4 Å². The van der Waals surface area contributed by atoms with Crippen molar-refractivity contribution in [1.29, 1.82) is 0 Å². The Balaban J connectivity index is 0.00000225. The van der Waals surface area contributed by atoms with Crippen LogP contribution in [0.5, 0.6) is 5.75 Å². The molecule has 0 saturated carbocycles. The molecular weight excluding hydrogens is 431 g/mol. The number of phenols is 1. The van der Waals surface area contributed by atoms with E-state index in [1.165, 1.54) is 0 Å². The average Bonchev–Trinajstić information content (AvgIpc) is 3.15. The van der Waals surface area contributed by atoms with Crippen LogP contribution < -0.4 is 5.32 Å². The number of H-pyrrole nitrogens is 1. The van der Waals surface area contributed by atoms with Crippen LogP contribution in [-0.4, -0.2) is 50.8 Å². The van der Waals surface area contributed by atoms with Gasteiger partial charge < -0.3 is 15.3 Å². The summed E-state index contributed by atoms with van der Waals surface area (Å²) in [4.78, 5) is 11.3. The Morgan fingerprint density at radius 1 is 1.32 bits per heavy atom. The maximum absolute atomic E-state index is 9.36. The molecule has 1 aliphatic rings. The Kier molecular flexibility index (Phi) is 7.48. The normalized spacial score (nSPS) is 15.7. The smallest absolute Gasteiger partial charge is 0.194 e. The molecule has 0 aliphatic carbocycles. The third kappa shape index (κ3) is 5.32. The van der Waals surface area contributed by atoms with Crippen molar-refractivity contribution in [3.05, 3.63) is 42.0 Å². The Bertz CT molecular complexity index is 650. The lowest BCUT2D eigenvalue weighted by Gasteiger charge is -2.33. The molecule has 1 saturated heterocycles. The number of aromatic hydroxyl groups is 1. The van der Waals surface area contributed by atoms with E-state index in [9.17, 15) is 5.11 Å². The number of aromatic amines is 1. The summed E-state index contributed by atoms with van der Waals surface area (Å²) >= 11 is 0. The quantitative estimate of drug-likeness (QED) is 0.374. The lowest BCUT2D eigenvalue weighted by Crippen LogP contribution is -2.45. The first-order valence-electron chi connectivity index (χ1n) is 8.42. The van der Waals surface area contributed by atoms with Crippen molar-refractivity contribution in [3.8, 4) is 5.75 Å². The molecule has 7 nitrogen and oxygen atoms in total. The molecule has 136 valence electrons. The van der Waals surface area contributed by atoms with Crippen molar-refractivity contribution in [3.63, 3.8) is 0 Å². The second-order valence-electron chi connectivity index (χ2n) is 5.97. The molecule has 1 aliphatic heterocycles. The van der Waals surface area contributed by atoms with Crippen molar-refractivity contribution in [2.45, 2.75) is 32.2 Å². The van der Waals surface area contributed by atoms with E-state index in [4.69, 9.17) is 4.99 Å². The van der Waals surface area contributed by atoms with Gasteiger partial charge in [0, 0.05) is 25.6 Å². The first-order valence-corrected chi connectivity index (χ1v) is 8.42. The first kappa shape index (κ1) is 19.5. The number of rotatable bonds is 4. The van der Waals surface area contributed by atoms with Crippen LogP contribution in [0, 0.1) is 0 Å². The highest BCUT2D eigenvalue weighted by atomic mass is 127. The van der Waals surface area contributed by atoms with Gasteiger partial charge in [-0.2, -0.15) is 5.10 Å². The molecule has 0 atom stereocenters. The molecule has 1 aromatic heterocycles. The number of phenolic OH excluding ortho intramolecular Hbond substituents is 1. The molecule has 2 aromatic rings. The highest BCUT2D eigenvalue weighted by Crippen LogP contribution is 2.25. The van der Waals surface area contributed by atoms with Gasteiger partial charge in [0.2, 0.25) is 0 Å². The Morgan fingerprint density at radius 3 is 2.64 bits per heavy atom. The van der Waals surface area contributed by atoms with Gasteiger partial charge in [-0.15, -0.1) is 24.0 Å². The van der Waals surface area contributed by atoms with Crippen LogP contribution in [0.25, 0.3) is 0 Å². The van der Waals surface area contributed by atoms with Gasteiger partial charge in [-0.3, -0.25) is 5.10 Å². The molecule has 0 bridgehead atoms. The molecule has 0 spiro atoms. The molecule has 25 heavy (non-hydrogen) atoms. The van der Waals surface area contributed by atoms with Gasteiger partial charge in [-0.25, -0.2) is 9.98 Å². The van der Waals surface area contributed by atoms with Crippen molar-refractivity contribution >= 4 is 29.9 Å². The third-order valence-electron chi connectivity index (χ3n) is 4.30. The zero-order valence-corrected chi connectivity index (χ0v) is 16.7. The summed E-state index contributed by atoms with van der Waals surface area (Å²) in [5.41, 5.74) is 1.08. The number of hydrogen-bond acceptors (Lipinski definition) is 4. The van der Waals surface area contributed by atoms with Crippen LogP contribution in [0.4, 0.5) is 0 Å². The minimum Gasteiger partial charge on any atom is -0.508 e. The molecule has 0 unspecified atom stereocenters. The van der Waals surface area contributed by atoms with E-state index in [2.05, 4.69) is 32.3 Å². The van der Waals surface area contributed by atoms with Crippen LogP contribution in [-0.2, 0) is 6.54 Å². The summed E-state index contributed by atoms with van der Waals surface area (Å²) in [6.07, 6.45) is 3.66. The summed E-state index contributed by atoms with van der Waals surface area (Å²) < 4.78 is 0. The van der Waals surface area contributed by atoms with Gasteiger partial charge in [-0.05, 0) is 37.5 Å². The van der Waals surface area contributed by atoms with Gasteiger partial charge >= 0.3 is 0 Å². The lowest BCUT2D eigenvalue weighted by molar-refractivity contribution is 0.299. The van der Waals surface area contributed by atoms with Crippen LogP contribution >= 0.6 is 24.0 Å². The summed E-state index contributed by atoms with van der Waals surface area (Å²) in [5.74, 6) is 2.66. The second kappa shape index (κ2) is 9.59. The predicted molar refractivity (Wildman–Crippen MR) is 108 cm³/mol. The van der Waals surface area contributed by atoms with E-state index in [0.717, 1.165) is 49.8 Å². The number of hydrogen-bond donors (Lipinski definition) is 3. The van der Waals surface area contributed by atoms with Crippen LogP contribution in [0.1, 0.15) is 37.1 Å². The average molecular weight is 456 g/mol. The number of aromatic nitrogens is 3. The van der Waals surface area contributed by atoms with E-state index in [1.54, 1.807) is 18.5 Å². The van der Waals surface area contributed by atoms with E-state index in [0.29, 0.717) is 12.5 Å². The maximum Gasteiger partial charge on any atom is 0.194 e. The maximum atomic E-state index is 9.36. The molecule has 2 heterocycles. The Morgan fingerprint density at radius 2 is 2.04 bits per heavy atom. The monoisotopic (exact) mass is 456 g/mol. The second-order valence-corrected chi connectivity index (χ2v) is 5.97. The zero-order chi connectivity index (χ0) is 16.8. The van der Waals surface area contributed by atoms with Crippen LogP contribution in [0.2, 0.25) is 0 Å². The standard InChI is InChI=1S/C17H24N6O.HI/c1-2-18-17(19-11-13-3-5-15(24)6-4-13)23-9-7-14(8-10-23)16-20-12-21-22-16;/h3-6,12,14,24H,2,7-11H2,1H3,(H,18,19)(H,20,21,22);1H. The largest absolute Gasteiger partial charge is 0.508 e. The first-order chi connectivity index (χ1) is 11.8. The predicted octanol–water partition coefficient (Wildman–Crippen LogP) is 2.47. The molecule has 8 heteroatoms. The topological polar surface area (TPSA) is 89.4 Å². The molecule has 3 N–H and O–H groups in total. The van der Waals surface area contributed by atoms with Crippen molar-refractivity contribution in [2.24, 2.45) is 4.99 Å². The van der Waals surface area contributed by atoms with Crippen LogP contribution in [0.15, 0.2) is 35.6 Å². The van der Waals surface area contributed by atoms with E-state index in [-0.39, 0.29) is 29.7 Å². The summed E-state index contributed by atoms with van der Waals surface area (Å²) in [6, 6.07) is 7.19. The Hall–Kier alpha value is -1.84. The van der Waals surface area contributed by atoms with E-state index in [1.807, 2.05) is 12.1 Å². The van der Waals surface area contributed by atoms with E-state index >= 15 is 0 Å². The third-order valence-corrected chi connectivity index (χ3v) is 4.30. The molecule has 0 radical (unpaired) electrons. The molecule has 1 aromatic carbocycles. The highest BCUT2D eigenvalue weighted by molar-refractivity contribution is 14.0. The fourth-order valence-corrected chi connectivity index (χ4v) is 2.97. The Labute approximate surface area is 165 Å². The number of likely N-dealkylation sites (tertiary alicyclic amines) is 1. The van der Waals surface area contributed by atoms with Gasteiger partial charge in [0.15, 0.2) is 5.96 Å². The van der Waals surface area contributed by atoms with E-state index < -0.39 is 0 Å². The fourth-order valence-electron chi connectivity index (χ4n) is 2.97. The number of halogens is 1. The van der Waals surface area contributed by atoms with Gasteiger partial charge in [0.1, 0.15) is 17.9 Å². The fraction of sp³-hybridized carbons (Fsp3) is 0.471. The SMILES string of the molecule is CCNC(=NCc1ccc(O)cc1)N1CCC(c2ncn[nH]2)CC1.I. The van der Waals surface area contributed by atoms with Crippen molar-refractivity contribution < 1.29 is 5.11 Å². The number of nitrogens with one attached hydrogen (secondary N) is 2. The minimum absolute atomic E-state index is 0. The number of guanidine groups is 1. The summed E-state index contributed by atoms with van der Waals surface area (Å²) in [7, 11) is 0. The summed E-state index contributed by atoms with van der Waals surface area (Å²) in [5, 5.41) is 19.7. The van der Waals surface area contributed by atoms with Gasteiger partial charge in [-0.1, -0.05) is 12.1 Å². The summed E-state index contributed by atoms with van der Waals surface area (Å²) in [6.45, 7) is 5.43. The number of benzene rings is 1. The van der Waals surface area contributed by atoms with Gasteiger partial charge in [0.25, 0.3) is 0 Å². The molecule has 1 fully saturated rings. The minimum atomic E-state index is 0. The highest BCUT2D eigenvalue weighted by Gasteiger charge is 2.24.